The maximum atomic E-state index is 12.5. The highest BCUT2D eigenvalue weighted by Gasteiger charge is 2.29. The van der Waals surface area contributed by atoms with Gasteiger partial charge in [0.15, 0.2) is 0 Å². The second-order valence-corrected chi connectivity index (χ2v) is 7.02. The van der Waals surface area contributed by atoms with Crippen LogP contribution in [0.1, 0.15) is 12.5 Å². The summed E-state index contributed by atoms with van der Waals surface area (Å²) in [5.41, 5.74) is 2.31. The van der Waals surface area contributed by atoms with Gasteiger partial charge in [-0.05, 0) is 31.0 Å². The fourth-order valence-corrected chi connectivity index (χ4v) is 2.80. The molecule has 2 rings (SSSR count). The molecular weight excluding hydrogens is 434 g/mol. The Morgan fingerprint density at radius 1 is 0.970 bits per heavy atom. The summed E-state index contributed by atoms with van der Waals surface area (Å²) in [4.78, 5) is 58.8. The summed E-state index contributed by atoms with van der Waals surface area (Å²) in [6.07, 6.45) is 0.00501. The van der Waals surface area contributed by atoms with E-state index in [4.69, 9.17) is 5.21 Å². The molecule has 174 valence electrons. The van der Waals surface area contributed by atoms with Crippen LogP contribution in [0.5, 0.6) is 0 Å². The van der Waals surface area contributed by atoms with Gasteiger partial charge in [-0.25, -0.2) is 5.48 Å². The maximum absolute atomic E-state index is 12.5. The molecule has 0 heterocycles. The molecule has 0 bridgehead atoms. The number of hydrogen-bond acceptors (Lipinski definition) is 7. The lowest BCUT2D eigenvalue weighted by atomic mass is 9.97. The van der Waals surface area contributed by atoms with Crippen molar-refractivity contribution >= 4 is 35.0 Å². The number of carbonyl (C=O) groups excluding carboxylic acids is 4. The topological polar surface area (TPSA) is 180 Å². The first kappa shape index (κ1) is 24.9. The molecule has 0 spiro atoms. The smallest absolute Gasteiger partial charge is 0.269 e. The Hall–Kier alpha value is -4.32. The number of hydrogen-bond donors (Lipinski definition) is 5. The minimum atomic E-state index is -1.28. The second-order valence-electron chi connectivity index (χ2n) is 7.02. The number of hydroxylamine groups is 1. The van der Waals surface area contributed by atoms with Crippen molar-refractivity contribution in [3.63, 3.8) is 0 Å². The van der Waals surface area contributed by atoms with E-state index in [1.54, 1.807) is 30.3 Å². The zero-order chi connectivity index (χ0) is 24.4. The first-order valence-electron chi connectivity index (χ1n) is 9.81. The van der Waals surface area contributed by atoms with Gasteiger partial charge in [-0.1, -0.05) is 30.3 Å². The van der Waals surface area contributed by atoms with Crippen LogP contribution in [0.2, 0.25) is 0 Å². The Kier molecular flexibility index (Phi) is 9.00. The Bertz CT molecular complexity index is 1010. The van der Waals surface area contributed by atoms with Crippen molar-refractivity contribution in [2.24, 2.45) is 5.92 Å². The Balaban J connectivity index is 1.87. The molecule has 12 nitrogen and oxygen atoms in total. The zero-order valence-corrected chi connectivity index (χ0v) is 17.6. The molecule has 0 saturated heterocycles. The van der Waals surface area contributed by atoms with Crippen molar-refractivity contribution in [2.45, 2.75) is 19.4 Å². The summed E-state index contributed by atoms with van der Waals surface area (Å²) in [5, 5.41) is 26.8. The van der Waals surface area contributed by atoms with Crippen LogP contribution in [0.3, 0.4) is 0 Å². The number of nitro benzene ring substituents is 1. The van der Waals surface area contributed by atoms with Crippen LogP contribution in [-0.4, -0.2) is 46.3 Å². The van der Waals surface area contributed by atoms with Gasteiger partial charge in [0.2, 0.25) is 17.7 Å². The monoisotopic (exact) mass is 457 g/mol. The van der Waals surface area contributed by atoms with E-state index >= 15 is 0 Å². The largest absolute Gasteiger partial charge is 0.345 e. The van der Waals surface area contributed by atoms with Crippen LogP contribution < -0.4 is 21.4 Å². The molecule has 0 aromatic heterocycles. The Morgan fingerprint density at radius 2 is 1.61 bits per heavy atom. The van der Waals surface area contributed by atoms with Gasteiger partial charge in [0.25, 0.3) is 11.6 Å². The highest BCUT2D eigenvalue weighted by atomic mass is 16.6. The summed E-state index contributed by atoms with van der Waals surface area (Å²) in [6, 6.07) is 12.7. The van der Waals surface area contributed by atoms with Crippen LogP contribution >= 0.6 is 0 Å². The molecule has 2 atom stereocenters. The molecule has 0 radical (unpaired) electrons. The molecule has 33 heavy (non-hydrogen) atoms. The van der Waals surface area contributed by atoms with Gasteiger partial charge in [0.1, 0.15) is 12.0 Å². The molecule has 0 aliphatic rings. The Labute approximate surface area is 188 Å². The number of rotatable bonds is 10. The number of nitrogens with zero attached hydrogens (tertiary/aromatic N) is 1. The number of benzene rings is 2. The second kappa shape index (κ2) is 11.9. The van der Waals surface area contributed by atoms with Gasteiger partial charge in [0, 0.05) is 17.8 Å². The first-order valence-corrected chi connectivity index (χ1v) is 9.81. The molecule has 1 unspecified atom stereocenters. The molecule has 2 aromatic carbocycles. The third kappa shape index (κ3) is 7.70. The lowest BCUT2D eigenvalue weighted by Gasteiger charge is -2.19. The number of nitrogens with one attached hydrogen (secondary N) is 4. The van der Waals surface area contributed by atoms with E-state index in [0.717, 1.165) is 0 Å². The van der Waals surface area contributed by atoms with Crippen molar-refractivity contribution in [2.75, 3.05) is 11.9 Å². The van der Waals surface area contributed by atoms with Gasteiger partial charge in [-0.3, -0.25) is 34.5 Å². The molecule has 0 saturated carbocycles. The lowest BCUT2D eigenvalue weighted by Crippen LogP contribution is -2.50. The molecule has 5 N–H and O–H groups in total. The molecule has 12 heteroatoms. The van der Waals surface area contributed by atoms with Gasteiger partial charge >= 0.3 is 0 Å². The fraction of sp³-hybridized carbons (Fsp3) is 0.238. The van der Waals surface area contributed by atoms with Crippen LogP contribution in [0.4, 0.5) is 11.4 Å². The standard InChI is InChI=1S/C21H23N5O7/c1-13(23-20(29)17(21(30)25-31)11-14-5-3-2-4-6-14)19(28)22-12-18(27)24-15-7-9-16(10-8-15)26(32)33/h2-10,13,17,31H,11-12H2,1H3,(H,22,28)(H,23,29)(H,24,27)(H,25,30)/t13-,17?/m0/s1. The van der Waals surface area contributed by atoms with E-state index in [9.17, 15) is 29.3 Å². The van der Waals surface area contributed by atoms with Gasteiger partial charge < -0.3 is 16.0 Å². The van der Waals surface area contributed by atoms with Gasteiger partial charge in [-0.15, -0.1) is 0 Å². The third-order valence-corrected chi connectivity index (χ3v) is 4.56. The minimum Gasteiger partial charge on any atom is -0.345 e. The zero-order valence-electron chi connectivity index (χ0n) is 17.6. The van der Waals surface area contributed by atoms with Crippen molar-refractivity contribution < 1.29 is 29.3 Å². The number of nitro groups is 1. The number of non-ortho nitro benzene ring substituents is 1. The summed E-state index contributed by atoms with van der Waals surface area (Å²) in [7, 11) is 0. The summed E-state index contributed by atoms with van der Waals surface area (Å²) in [5.74, 6) is -4.24. The summed E-state index contributed by atoms with van der Waals surface area (Å²) in [6.45, 7) is 0.957. The third-order valence-electron chi connectivity index (χ3n) is 4.56. The van der Waals surface area contributed by atoms with E-state index in [1.165, 1.54) is 36.7 Å². The van der Waals surface area contributed by atoms with E-state index < -0.39 is 47.1 Å². The van der Waals surface area contributed by atoms with Gasteiger partial charge in [-0.2, -0.15) is 0 Å². The lowest BCUT2D eigenvalue weighted by molar-refractivity contribution is -0.384. The van der Waals surface area contributed by atoms with E-state index in [2.05, 4.69) is 16.0 Å². The number of carbonyl (C=O) groups is 4. The fourth-order valence-electron chi connectivity index (χ4n) is 2.80. The van der Waals surface area contributed by atoms with E-state index in [0.29, 0.717) is 11.3 Å². The molecule has 4 amide bonds. The molecule has 0 aliphatic carbocycles. The summed E-state index contributed by atoms with van der Waals surface area (Å²) >= 11 is 0. The van der Waals surface area contributed by atoms with Crippen LogP contribution in [0.15, 0.2) is 54.6 Å². The minimum absolute atomic E-state index is 0.00501. The van der Waals surface area contributed by atoms with E-state index in [1.807, 2.05) is 0 Å². The number of anilines is 1. The molecule has 2 aromatic rings. The molecular formula is C21H23N5O7. The predicted octanol–water partition coefficient (Wildman–Crippen LogP) is 0.519. The average Bonchev–Trinajstić information content (AvgIpc) is 2.81. The highest BCUT2D eigenvalue weighted by molar-refractivity contribution is 6.02. The Morgan fingerprint density at radius 3 is 2.18 bits per heavy atom. The van der Waals surface area contributed by atoms with Gasteiger partial charge in [0.05, 0.1) is 11.5 Å². The SMILES string of the molecule is C[C@H](NC(=O)C(Cc1ccccc1)C(=O)NO)C(=O)NCC(=O)Nc1ccc([N+](=O)[O-])cc1. The predicted molar refractivity (Wildman–Crippen MR) is 116 cm³/mol. The van der Waals surface area contributed by atoms with Crippen molar-refractivity contribution in [1.82, 2.24) is 16.1 Å². The quantitative estimate of drug-likeness (QED) is 0.149. The molecule has 0 fully saturated rings. The summed E-state index contributed by atoms with van der Waals surface area (Å²) < 4.78 is 0. The average molecular weight is 457 g/mol. The van der Waals surface area contributed by atoms with Crippen LogP contribution in [0, 0.1) is 16.0 Å². The van der Waals surface area contributed by atoms with E-state index in [-0.39, 0.29) is 12.1 Å². The van der Waals surface area contributed by atoms with Crippen LogP contribution in [0.25, 0.3) is 0 Å². The maximum Gasteiger partial charge on any atom is 0.269 e. The normalized spacial score (nSPS) is 12.1. The highest BCUT2D eigenvalue weighted by Crippen LogP contribution is 2.15. The van der Waals surface area contributed by atoms with Crippen molar-refractivity contribution in [3.05, 3.63) is 70.3 Å². The first-order chi connectivity index (χ1) is 15.7. The van der Waals surface area contributed by atoms with Crippen LogP contribution in [-0.2, 0) is 25.6 Å². The van der Waals surface area contributed by atoms with Crippen molar-refractivity contribution in [1.29, 1.82) is 0 Å². The number of amides is 4. The molecule has 0 aliphatic heterocycles. The van der Waals surface area contributed by atoms with Crippen molar-refractivity contribution in [3.8, 4) is 0 Å².